The number of ether oxygens (including phenoxy) is 2. The van der Waals surface area contributed by atoms with Crippen LogP contribution in [0.1, 0.15) is 18.9 Å². The number of aryl methyl sites for hydroxylation is 1. The lowest BCUT2D eigenvalue weighted by Crippen LogP contribution is -2.39. The number of hydrogen-bond donors (Lipinski definition) is 2. The molecule has 0 aromatic heterocycles. The Morgan fingerprint density at radius 2 is 2.08 bits per heavy atom. The number of hydrogen-bond acceptors (Lipinski definition) is 4. The van der Waals surface area contributed by atoms with Gasteiger partial charge in [-0.3, -0.25) is 9.59 Å². The molecule has 6 heteroatoms. The van der Waals surface area contributed by atoms with Gasteiger partial charge in [-0.05, 0) is 43.7 Å². The summed E-state index contributed by atoms with van der Waals surface area (Å²) in [7, 11) is 0. The van der Waals surface area contributed by atoms with Crippen molar-refractivity contribution >= 4 is 23.2 Å². The summed E-state index contributed by atoms with van der Waals surface area (Å²) >= 11 is 0. The number of fused-ring (bicyclic) bond motifs is 1. The predicted molar refractivity (Wildman–Crippen MR) is 95.1 cm³/mol. The van der Waals surface area contributed by atoms with Gasteiger partial charge in [0, 0.05) is 0 Å². The van der Waals surface area contributed by atoms with Crippen molar-refractivity contribution in [1.82, 2.24) is 0 Å². The average Bonchev–Trinajstić information content (AvgIpc) is 2.58. The summed E-state index contributed by atoms with van der Waals surface area (Å²) < 4.78 is 11.2. The molecule has 0 fully saturated rings. The third kappa shape index (κ3) is 3.91. The molecule has 3 rings (SSSR count). The Hall–Kier alpha value is -3.02. The van der Waals surface area contributed by atoms with Crippen LogP contribution in [0.4, 0.5) is 11.4 Å². The van der Waals surface area contributed by atoms with Gasteiger partial charge in [0.2, 0.25) is 5.91 Å². The van der Waals surface area contributed by atoms with E-state index in [1.807, 2.05) is 32.0 Å². The molecule has 2 aromatic carbocycles. The fraction of sp³-hybridized carbons (Fsp3) is 0.263. The Labute approximate surface area is 146 Å². The molecule has 0 bridgehead atoms. The molecule has 2 amide bonds. The zero-order valence-electron chi connectivity index (χ0n) is 14.2. The second-order valence-electron chi connectivity index (χ2n) is 5.78. The molecule has 0 saturated heterocycles. The summed E-state index contributed by atoms with van der Waals surface area (Å²) in [6.45, 7) is 4.30. The van der Waals surface area contributed by atoms with Crippen LogP contribution in [-0.4, -0.2) is 24.5 Å². The highest BCUT2D eigenvalue weighted by atomic mass is 16.5. The number of rotatable bonds is 5. The number of amides is 2. The second-order valence-corrected chi connectivity index (χ2v) is 5.78. The molecular formula is C19H20N2O4. The molecule has 130 valence electrons. The number of anilines is 2. The molecule has 0 radical (unpaired) electrons. The van der Waals surface area contributed by atoms with Crippen LogP contribution in [0.25, 0.3) is 0 Å². The first-order valence-electron chi connectivity index (χ1n) is 8.16. The summed E-state index contributed by atoms with van der Waals surface area (Å²) in [4.78, 5) is 24.5. The zero-order valence-corrected chi connectivity index (χ0v) is 14.2. The first-order chi connectivity index (χ1) is 12.1. The summed E-state index contributed by atoms with van der Waals surface area (Å²) in [5, 5.41) is 5.56. The topological polar surface area (TPSA) is 76.7 Å². The molecule has 1 atom stereocenters. The van der Waals surface area contributed by atoms with Gasteiger partial charge in [-0.2, -0.15) is 0 Å². The van der Waals surface area contributed by atoms with E-state index in [2.05, 4.69) is 10.6 Å². The van der Waals surface area contributed by atoms with Crippen molar-refractivity contribution in [2.45, 2.75) is 26.4 Å². The van der Waals surface area contributed by atoms with Gasteiger partial charge in [0.1, 0.15) is 11.5 Å². The molecule has 1 heterocycles. The van der Waals surface area contributed by atoms with Crippen LogP contribution in [0.3, 0.4) is 0 Å². The van der Waals surface area contributed by atoms with E-state index in [1.165, 1.54) is 0 Å². The standard InChI is InChI=1S/C19H20N2O4/c1-3-24-15-7-5-4-6-13(15)20-18(22)11-17-19(23)21-14-10-12(2)8-9-16(14)25-17/h4-10,17H,3,11H2,1-2H3,(H,20,22)(H,21,23). The van der Waals surface area contributed by atoms with Crippen molar-refractivity contribution in [2.75, 3.05) is 17.2 Å². The van der Waals surface area contributed by atoms with E-state index in [4.69, 9.17) is 9.47 Å². The number of carbonyl (C=O) groups excluding carboxylic acids is 2. The van der Waals surface area contributed by atoms with Gasteiger partial charge in [0.25, 0.3) is 5.91 Å². The molecule has 6 nitrogen and oxygen atoms in total. The SMILES string of the molecule is CCOc1ccccc1NC(=O)CC1Oc2ccc(C)cc2NC1=O. The average molecular weight is 340 g/mol. The molecular weight excluding hydrogens is 320 g/mol. The van der Waals surface area contributed by atoms with Gasteiger partial charge in [-0.1, -0.05) is 18.2 Å². The maximum absolute atomic E-state index is 12.3. The molecule has 25 heavy (non-hydrogen) atoms. The highest BCUT2D eigenvalue weighted by molar-refractivity contribution is 6.02. The van der Waals surface area contributed by atoms with E-state index < -0.39 is 6.10 Å². The third-order valence-corrected chi connectivity index (χ3v) is 3.79. The van der Waals surface area contributed by atoms with Gasteiger partial charge in [-0.25, -0.2) is 0 Å². The van der Waals surface area contributed by atoms with Crippen LogP contribution in [-0.2, 0) is 9.59 Å². The van der Waals surface area contributed by atoms with E-state index in [-0.39, 0.29) is 18.2 Å². The minimum Gasteiger partial charge on any atom is -0.492 e. The summed E-state index contributed by atoms with van der Waals surface area (Å²) in [5.74, 6) is 0.514. The summed E-state index contributed by atoms with van der Waals surface area (Å²) in [6, 6.07) is 12.7. The Balaban J connectivity index is 1.67. The number of nitrogens with one attached hydrogen (secondary N) is 2. The molecule has 1 aliphatic rings. The maximum Gasteiger partial charge on any atom is 0.266 e. The minimum absolute atomic E-state index is 0.0837. The van der Waals surface area contributed by atoms with Gasteiger partial charge < -0.3 is 20.1 Å². The van der Waals surface area contributed by atoms with Crippen molar-refractivity contribution in [3.63, 3.8) is 0 Å². The first kappa shape index (κ1) is 16.8. The first-order valence-corrected chi connectivity index (χ1v) is 8.16. The Bertz CT molecular complexity index is 804. The van der Waals surface area contributed by atoms with E-state index >= 15 is 0 Å². The maximum atomic E-state index is 12.3. The van der Waals surface area contributed by atoms with Gasteiger partial charge in [0.15, 0.2) is 6.10 Å². The van der Waals surface area contributed by atoms with Crippen molar-refractivity contribution in [2.24, 2.45) is 0 Å². The minimum atomic E-state index is -0.866. The zero-order chi connectivity index (χ0) is 17.8. The number of benzene rings is 2. The van der Waals surface area contributed by atoms with Crippen LogP contribution in [0.15, 0.2) is 42.5 Å². The second kappa shape index (κ2) is 7.25. The van der Waals surface area contributed by atoms with Crippen molar-refractivity contribution in [1.29, 1.82) is 0 Å². The van der Waals surface area contributed by atoms with Gasteiger partial charge in [0.05, 0.1) is 24.4 Å². The van der Waals surface area contributed by atoms with Crippen LogP contribution >= 0.6 is 0 Å². The van der Waals surface area contributed by atoms with Crippen LogP contribution in [0, 0.1) is 6.92 Å². The van der Waals surface area contributed by atoms with E-state index in [9.17, 15) is 9.59 Å². The largest absolute Gasteiger partial charge is 0.492 e. The predicted octanol–water partition coefficient (Wildman–Crippen LogP) is 3.12. The lowest BCUT2D eigenvalue weighted by atomic mass is 10.1. The van der Waals surface area contributed by atoms with Gasteiger partial charge >= 0.3 is 0 Å². The fourth-order valence-electron chi connectivity index (χ4n) is 2.62. The van der Waals surface area contributed by atoms with Gasteiger partial charge in [-0.15, -0.1) is 0 Å². The smallest absolute Gasteiger partial charge is 0.266 e. The normalized spacial score (nSPS) is 15.6. The molecule has 0 saturated carbocycles. The molecule has 2 aromatic rings. The monoisotopic (exact) mass is 340 g/mol. The van der Waals surface area contributed by atoms with Crippen LogP contribution in [0.5, 0.6) is 11.5 Å². The molecule has 1 unspecified atom stereocenters. The molecule has 0 spiro atoms. The Kier molecular flexibility index (Phi) is 4.88. The van der Waals surface area contributed by atoms with E-state index in [0.29, 0.717) is 29.5 Å². The third-order valence-electron chi connectivity index (χ3n) is 3.79. The lowest BCUT2D eigenvalue weighted by molar-refractivity contribution is -0.128. The van der Waals surface area contributed by atoms with Crippen molar-refractivity contribution < 1.29 is 19.1 Å². The highest BCUT2D eigenvalue weighted by Crippen LogP contribution is 2.31. The molecule has 2 N–H and O–H groups in total. The van der Waals surface area contributed by atoms with Crippen LogP contribution < -0.4 is 20.1 Å². The molecule has 1 aliphatic heterocycles. The fourth-order valence-corrected chi connectivity index (χ4v) is 2.62. The Morgan fingerprint density at radius 1 is 1.28 bits per heavy atom. The van der Waals surface area contributed by atoms with E-state index in [0.717, 1.165) is 5.56 Å². The lowest BCUT2D eigenvalue weighted by Gasteiger charge is -2.25. The Morgan fingerprint density at radius 3 is 2.88 bits per heavy atom. The number of para-hydroxylation sites is 2. The number of carbonyl (C=O) groups is 2. The quantitative estimate of drug-likeness (QED) is 0.877. The van der Waals surface area contributed by atoms with E-state index in [1.54, 1.807) is 24.3 Å². The molecule has 0 aliphatic carbocycles. The van der Waals surface area contributed by atoms with Crippen molar-refractivity contribution in [3.05, 3.63) is 48.0 Å². The van der Waals surface area contributed by atoms with Crippen LogP contribution in [0.2, 0.25) is 0 Å². The van der Waals surface area contributed by atoms with Crippen molar-refractivity contribution in [3.8, 4) is 11.5 Å². The summed E-state index contributed by atoms with van der Waals surface area (Å²) in [6.07, 6.45) is -0.950. The summed E-state index contributed by atoms with van der Waals surface area (Å²) in [5.41, 5.74) is 2.22. The highest BCUT2D eigenvalue weighted by Gasteiger charge is 2.30.